The number of carboxylic acids is 1. The maximum absolute atomic E-state index is 10.9. The van der Waals surface area contributed by atoms with Crippen molar-refractivity contribution >= 4 is 5.97 Å². The van der Waals surface area contributed by atoms with Crippen molar-refractivity contribution in [3.8, 4) is 0 Å². The van der Waals surface area contributed by atoms with Gasteiger partial charge in [-0.1, -0.05) is 19.1 Å². The Morgan fingerprint density at radius 1 is 1.21 bits per heavy atom. The Morgan fingerprint density at radius 3 is 2.26 bits per heavy atom. The number of hydrogen-bond acceptors (Lipinski definition) is 2. The van der Waals surface area contributed by atoms with Gasteiger partial charge in [-0.3, -0.25) is 0 Å². The van der Waals surface area contributed by atoms with Gasteiger partial charge < -0.3 is 9.84 Å². The van der Waals surface area contributed by atoms with Gasteiger partial charge in [0.25, 0.3) is 0 Å². The molecule has 1 aromatic rings. The molecule has 1 N–H and O–H groups in total. The van der Waals surface area contributed by atoms with E-state index >= 15 is 0 Å². The number of ether oxygens (including phenoxy) is 1. The lowest BCUT2D eigenvalue weighted by atomic mass is 9.63. The molecule has 1 aromatic carbocycles. The lowest BCUT2D eigenvalue weighted by Gasteiger charge is -2.53. The van der Waals surface area contributed by atoms with Gasteiger partial charge in [0.05, 0.1) is 17.8 Å². The number of carbonyl (C=O) groups is 1. The van der Waals surface area contributed by atoms with E-state index in [4.69, 9.17) is 9.84 Å². The highest BCUT2D eigenvalue weighted by molar-refractivity contribution is 5.87. The first-order chi connectivity index (χ1) is 9.09. The van der Waals surface area contributed by atoms with Crippen LogP contribution in [0, 0.1) is 5.41 Å². The molecule has 3 aliphatic rings. The fourth-order valence-electron chi connectivity index (χ4n) is 3.51. The van der Waals surface area contributed by atoms with Gasteiger partial charge in [-0.15, -0.1) is 0 Å². The van der Waals surface area contributed by atoms with Gasteiger partial charge in [0.15, 0.2) is 0 Å². The normalized spacial score (nSPS) is 33.3. The molecule has 19 heavy (non-hydrogen) atoms. The molecule has 0 spiro atoms. The van der Waals surface area contributed by atoms with Crippen molar-refractivity contribution in [2.24, 2.45) is 5.41 Å². The summed E-state index contributed by atoms with van der Waals surface area (Å²) in [4.78, 5) is 10.9. The molecule has 1 aliphatic carbocycles. The summed E-state index contributed by atoms with van der Waals surface area (Å²) in [6, 6.07) is 7.22. The number of fused-ring (bicyclic) bond motifs is 3. The Bertz CT molecular complexity index is 465. The van der Waals surface area contributed by atoms with Crippen molar-refractivity contribution in [1.82, 2.24) is 0 Å². The first-order valence-corrected chi connectivity index (χ1v) is 7.07. The van der Waals surface area contributed by atoms with Crippen molar-refractivity contribution in [2.75, 3.05) is 6.61 Å². The number of rotatable bonds is 3. The first-order valence-electron chi connectivity index (χ1n) is 7.07. The first kappa shape index (κ1) is 12.7. The average Bonchev–Trinajstić information content (AvgIpc) is 2.49. The standard InChI is InChI=1S/C16H20O3/c1-2-15-7-9-16(10-8-15,19-11-15)13-5-3-12(4-6-13)14(17)18/h3-6H,2,7-11H2,1H3,(H,17,18). The fourth-order valence-corrected chi connectivity index (χ4v) is 3.51. The van der Waals surface area contributed by atoms with Gasteiger partial charge in [-0.2, -0.15) is 0 Å². The van der Waals surface area contributed by atoms with Crippen LogP contribution in [-0.2, 0) is 10.3 Å². The van der Waals surface area contributed by atoms with Crippen molar-refractivity contribution in [3.63, 3.8) is 0 Å². The highest BCUT2D eigenvalue weighted by atomic mass is 16.5. The predicted octanol–water partition coefficient (Wildman–Crippen LogP) is 3.58. The van der Waals surface area contributed by atoms with E-state index in [0.717, 1.165) is 25.0 Å². The summed E-state index contributed by atoms with van der Waals surface area (Å²) in [7, 11) is 0. The van der Waals surface area contributed by atoms with Crippen molar-refractivity contribution in [1.29, 1.82) is 0 Å². The fraction of sp³-hybridized carbons (Fsp3) is 0.562. The van der Waals surface area contributed by atoms with E-state index in [2.05, 4.69) is 6.92 Å². The molecule has 4 rings (SSSR count). The summed E-state index contributed by atoms with van der Waals surface area (Å²) in [5.74, 6) is -0.873. The molecule has 0 radical (unpaired) electrons. The van der Waals surface area contributed by atoms with Crippen LogP contribution >= 0.6 is 0 Å². The second kappa shape index (κ2) is 4.34. The smallest absolute Gasteiger partial charge is 0.335 e. The Morgan fingerprint density at radius 2 is 1.84 bits per heavy atom. The molecule has 0 unspecified atom stereocenters. The van der Waals surface area contributed by atoms with Crippen LogP contribution in [-0.4, -0.2) is 17.7 Å². The summed E-state index contributed by atoms with van der Waals surface area (Å²) in [5, 5.41) is 8.95. The van der Waals surface area contributed by atoms with Crippen LogP contribution in [0.5, 0.6) is 0 Å². The number of benzene rings is 1. The van der Waals surface area contributed by atoms with Crippen LogP contribution in [0.4, 0.5) is 0 Å². The van der Waals surface area contributed by atoms with Crippen LogP contribution < -0.4 is 0 Å². The number of carboxylic acid groups (broad SMARTS) is 1. The zero-order valence-corrected chi connectivity index (χ0v) is 11.3. The maximum Gasteiger partial charge on any atom is 0.335 e. The Hall–Kier alpha value is -1.35. The van der Waals surface area contributed by atoms with Crippen LogP contribution in [0.1, 0.15) is 54.9 Å². The van der Waals surface area contributed by atoms with Crippen molar-refractivity contribution in [3.05, 3.63) is 35.4 Å². The monoisotopic (exact) mass is 260 g/mol. The lowest BCUT2D eigenvalue weighted by Crippen LogP contribution is -2.48. The summed E-state index contributed by atoms with van der Waals surface area (Å²) in [5.41, 5.74) is 1.73. The van der Waals surface area contributed by atoms with Gasteiger partial charge in [0, 0.05) is 0 Å². The summed E-state index contributed by atoms with van der Waals surface area (Å²) >= 11 is 0. The molecule has 0 aromatic heterocycles. The van der Waals surface area contributed by atoms with E-state index in [0.29, 0.717) is 11.0 Å². The van der Waals surface area contributed by atoms with Crippen molar-refractivity contribution < 1.29 is 14.6 Å². The topological polar surface area (TPSA) is 46.5 Å². The molecule has 3 nitrogen and oxygen atoms in total. The van der Waals surface area contributed by atoms with Gasteiger partial charge in [-0.05, 0) is 55.2 Å². The molecule has 102 valence electrons. The molecule has 2 bridgehead atoms. The van der Waals surface area contributed by atoms with E-state index in [9.17, 15) is 4.79 Å². The highest BCUT2D eigenvalue weighted by Crippen LogP contribution is 2.54. The summed E-state index contributed by atoms with van der Waals surface area (Å²) in [6.45, 7) is 3.10. The summed E-state index contributed by atoms with van der Waals surface area (Å²) in [6.07, 6.45) is 5.77. The number of aromatic carboxylic acids is 1. The zero-order chi connectivity index (χ0) is 13.5. The van der Waals surface area contributed by atoms with E-state index in [-0.39, 0.29) is 5.60 Å². The van der Waals surface area contributed by atoms with Gasteiger partial charge in [0.1, 0.15) is 0 Å². The minimum absolute atomic E-state index is 0.159. The van der Waals surface area contributed by atoms with Gasteiger partial charge >= 0.3 is 5.97 Å². The minimum Gasteiger partial charge on any atom is -0.478 e. The third kappa shape index (κ3) is 1.96. The quantitative estimate of drug-likeness (QED) is 0.903. The minimum atomic E-state index is -0.873. The molecule has 0 atom stereocenters. The van der Waals surface area contributed by atoms with E-state index < -0.39 is 5.97 Å². The van der Waals surface area contributed by atoms with Gasteiger partial charge in [0.2, 0.25) is 0 Å². The molecule has 3 heteroatoms. The van der Waals surface area contributed by atoms with E-state index in [1.54, 1.807) is 12.1 Å². The van der Waals surface area contributed by atoms with E-state index in [1.807, 2.05) is 12.1 Å². The van der Waals surface area contributed by atoms with Gasteiger partial charge in [-0.25, -0.2) is 4.79 Å². The SMILES string of the molecule is CCC12CCC(c3ccc(C(=O)O)cc3)(CC1)OC2. The molecular formula is C16H20O3. The second-order valence-electron chi connectivity index (χ2n) is 6.02. The molecule has 1 saturated carbocycles. The predicted molar refractivity (Wildman–Crippen MR) is 72.2 cm³/mol. The van der Waals surface area contributed by atoms with Crippen LogP contribution in [0.25, 0.3) is 0 Å². The van der Waals surface area contributed by atoms with Crippen LogP contribution in [0.3, 0.4) is 0 Å². The highest BCUT2D eigenvalue weighted by Gasteiger charge is 2.49. The maximum atomic E-state index is 10.9. The summed E-state index contributed by atoms with van der Waals surface area (Å²) < 4.78 is 6.20. The third-order valence-corrected chi connectivity index (χ3v) is 5.18. The largest absolute Gasteiger partial charge is 0.478 e. The average molecular weight is 260 g/mol. The van der Waals surface area contributed by atoms with E-state index in [1.165, 1.54) is 19.3 Å². The Kier molecular flexibility index (Phi) is 2.90. The molecule has 2 saturated heterocycles. The molecule has 2 aliphatic heterocycles. The molecule has 0 amide bonds. The molecular weight excluding hydrogens is 240 g/mol. The second-order valence-corrected chi connectivity index (χ2v) is 6.02. The van der Waals surface area contributed by atoms with Crippen LogP contribution in [0.15, 0.2) is 24.3 Å². The molecule has 2 heterocycles. The molecule has 3 fully saturated rings. The Balaban J connectivity index is 1.85. The zero-order valence-electron chi connectivity index (χ0n) is 11.3. The van der Waals surface area contributed by atoms with Crippen LogP contribution in [0.2, 0.25) is 0 Å². The number of hydrogen-bond donors (Lipinski definition) is 1. The lowest BCUT2D eigenvalue weighted by molar-refractivity contribution is -0.190. The third-order valence-electron chi connectivity index (χ3n) is 5.18. The Labute approximate surface area is 113 Å². The van der Waals surface area contributed by atoms with Crippen molar-refractivity contribution in [2.45, 2.75) is 44.6 Å².